The lowest BCUT2D eigenvalue weighted by Crippen LogP contribution is -2.30. The Morgan fingerprint density at radius 3 is 3.00 bits per heavy atom. The van der Waals surface area contributed by atoms with Crippen LogP contribution < -0.4 is 11.1 Å². The van der Waals surface area contributed by atoms with E-state index in [4.69, 9.17) is 5.73 Å². The molecule has 0 bridgehead atoms. The van der Waals surface area contributed by atoms with Gasteiger partial charge in [0, 0.05) is 18.0 Å². The molecule has 17 heavy (non-hydrogen) atoms. The number of nitrogens with one attached hydrogen (secondary N) is 1. The van der Waals surface area contributed by atoms with Gasteiger partial charge in [0.2, 0.25) is 6.41 Å². The summed E-state index contributed by atoms with van der Waals surface area (Å²) in [6.45, 7) is 4.76. The number of carbonyl (C=O) groups is 2. The summed E-state index contributed by atoms with van der Waals surface area (Å²) < 4.78 is 0. The van der Waals surface area contributed by atoms with Gasteiger partial charge in [0.05, 0.1) is 5.56 Å². The van der Waals surface area contributed by atoms with E-state index < -0.39 is 5.91 Å². The molecule has 0 fully saturated rings. The van der Waals surface area contributed by atoms with Crippen LogP contribution in [0, 0.1) is 0 Å². The highest BCUT2D eigenvalue weighted by Crippen LogP contribution is 2.36. The first kappa shape index (κ1) is 12.1. The lowest BCUT2D eigenvalue weighted by molar-refractivity contribution is -0.105. The molecule has 0 atom stereocenters. The van der Waals surface area contributed by atoms with E-state index in [2.05, 4.69) is 17.1 Å². The van der Waals surface area contributed by atoms with Crippen molar-refractivity contribution in [2.24, 2.45) is 5.73 Å². The highest BCUT2D eigenvalue weighted by Gasteiger charge is 2.26. The number of fused-ring (bicyclic) bond motifs is 1. The number of anilines is 1. The molecule has 92 valence electrons. The maximum Gasteiger partial charge on any atom is 0.252 e. The SMILES string of the molecule is CCN1CCc2sc(NC=O)c(C(N)=O)c2C1. The number of amides is 2. The minimum absolute atomic E-state index is 0.468. The molecule has 0 saturated heterocycles. The summed E-state index contributed by atoms with van der Waals surface area (Å²) in [6.07, 6.45) is 1.50. The maximum atomic E-state index is 11.5. The number of nitrogens with zero attached hydrogens (tertiary/aromatic N) is 1. The Hall–Kier alpha value is -1.40. The van der Waals surface area contributed by atoms with Crippen LogP contribution in [0.3, 0.4) is 0 Å². The third kappa shape index (κ3) is 2.18. The van der Waals surface area contributed by atoms with Crippen molar-refractivity contribution in [1.82, 2.24) is 4.90 Å². The molecule has 0 saturated carbocycles. The van der Waals surface area contributed by atoms with Crippen molar-refractivity contribution in [3.05, 3.63) is 16.0 Å². The van der Waals surface area contributed by atoms with Gasteiger partial charge in [-0.15, -0.1) is 11.3 Å². The van der Waals surface area contributed by atoms with Gasteiger partial charge in [-0.3, -0.25) is 14.5 Å². The first-order chi connectivity index (χ1) is 8.17. The zero-order valence-electron chi connectivity index (χ0n) is 9.66. The summed E-state index contributed by atoms with van der Waals surface area (Å²) in [7, 11) is 0. The Kier molecular flexibility index (Phi) is 3.44. The minimum atomic E-state index is -0.468. The quantitative estimate of drug-likeness (QED) is 0.779. The number of primary amides is 1. The van der Waals surface area contributed by atoms with Crippen LogP contribution in [0.1, 0.15) is 27.7 Å². The van der Waals surface area contributed by atoms with Crippen molar-refractivity contribution in [1.29, 1.82) is 0 Å². The molecule has 1 aromatic heterocycles. The molecule has 5 nitrogen and oxygen atoms in total. The minimum Gasteiger partial charge on any atom is -0.365 e. The molecule has 2 rings (SSSR count). The van der Waals surface area contributed by atoms with Gasteiger partial charge in [-0.05, 0) is 18.5 Å². The summed E-state index contributed by atoms with van der Waals surface area (Å²) in [5.74, 6) is -0.468. The fraction of sp³-hybridized carbons (Fsp3) is 0.455. The lowest BCUT2D eigenvalue weighted by Gasteiger charge is -2.25. The lowest BCUT2D eigenvalue weighted by atomic mass is 10.0. The Balaban J connectivity index is 2.43. The summed E-state index contributed by atoms with van der Waals surface area (Å²) in [5, 5.41) is 3.15. The van der Waals surface area contributed by atoms with Gasteiger partial charge >= 0.3 is 0 Å². The van der Waals surface area contributed by atoms with Gasteiger partial charge in [-0.2, -0.15) is 0 Å². The monoisotopic (exact) mass is 253 g/mol. The highest BCUT2D eigenvalue weighted by molar-refractivity contribution is 7.16. The molecule has 1 aliphatic heterocycles. The first-order valence-electron chi connectivity index (χ1n) is 5.54. The number of thiophene rings is 1. The second-order valence-corrected chi connectivity index (χ2v) is 5.06. The molecule has 0 aromatic carbocycles. The Bertz CT molecular complexity index is 456. The molecule has 0 unspecified atom stereocenters. The van der Waals surface area contributed by atoms with Crippen molar-refractivity contribution >= 4 is 28.7 Å². The van der Waals surface area contributed by atoms with Crippen LogP contribution in [0.5, 0.6) is 0 Å². The van der Waals surface area contributed by atoms with E-state index >= 15 is 0 Å². The number of hydrogen-bond donors (Lipinski definition) is 2. The molecule has 0 aliphatic carbocycles. The number of rotatable bonds is 4. The Morgan fingerprint density at radius 2 is 2.41 bits per heavy atom. The van der Waals surface area contributed by atoms with Gasteiger partial charge in [0.15, 0.2) is 0 Å². The zero-order valence-corrected chi connectivity index (χ0v) is 10.5. The number of likely N-dealkylation sites (N-methyl/N-ethyl adjacent to an activating group) is 1. The number of hydrogen-bond acceptors (Lipinski definition) is 4. The number of carbonyl (C=O) groups excluding carboxylic acids is 2. The van der Waals surface area contributed by atoms with Gasteiger partial charge in [0.25, 0.3) is 5.91 Å². The van der Waals surface area contributed by atoms with Crippen molar-refractivity contribution < 1.29 is 9.59 Å². The van der Waals surface area contributed by atoms with E-state index in [-0.39, 0.29) is 0 Å². The molecule has 0 radical (unpaired) electrons. The average molecular weight is 253 g/mol. The standard InChI is InChI=1S/C11H15N3O2S/c1-2-14-4-3-8-7(5-14)9(10(12)16)11(17-8)13-6-15/h6H,2-5H2,1H3,(H2,12,16)(H,13,15). The normalized spacial score (nSPS) is 15.4. The molecule has 2 heterocycles. The third-order valence-electron chi connectivity index (χ3n) is 3.01. The maximum absolute atomic E-state index is 11.5. The van der Waals surface area contributed by atoms with Crippen LogP contribution in [-0.2, 0) is 17.8 Å². The largest absolute Gasteiger partial charge is 0.365 e. The van der Waals surface area contributed by atoms with Crippen molar-refractivity contribution in [2.75, 3.05) is 18.4 Å². The smallest absolute Gasteiger partial charge is 0.252 e. The topological polar surface area (TPSA) is 75.4 Å². The van der Waals surface area contributed by atoms with Crippen molar-refractivity contribution in [3.8, 4) is 0 Å². The fourth-order valence-corrected chi connectivity index (χ4v) is 3.29. The van der Waals surface area contributed by atoms with Crippen LogP contribution in [0.15, 0.2) is 0 Å². The zero-order chi connectivity index (χ0) is 12.4. The van der Waals surface area contributed by atoms with Gasteiger partial charge in [-0.25, -0.2) is 0 Å². The van der Waals surface area contributed by atoms with Gasteiger partial charge in [0.1, 0.15) is 5.00 Å². The fourth-order valence-electron chi connectivity index (χ4n) is 2.13. The summed E-state index contributed by atoms with van der Waals surface area (Å²) >= 11 is 1.46. The van der Waals surface area contributed by atoms with Crippen LogP contribution in [0.25, 0.3) is 0 Å². The molecular formula is C11H15N3O2S. The molecular weight excluding hydrogens is 238 g/mol. The van der Waals surface area contributed by atoms with E-state index in [9.17, 15) is 9.59 Å². The molecule has 2 amide bonds. The molecule has 1 aliphatic rings. The summed E-state index contributed by atoms with van der Waals surface area (Å²) in [6, 6.07) is 0. The van der Waals surface area contributed by atoms with E-state index in [1.54, 1.807) is 0 Å². The van der Waals surface area contributed by atoms with Crippen LogP contribution in [0.2, 0.25) is 0 Å². The van der Waals surface area contributed by atoms with Crippen LogP contribution >= 0.6 is 11.3 Å². The predicted molar refractivity (Wildman–Crippen MR) is 67.2 cm³/mol. The second kappa shape index (κ2) is 4.85. The van der Waals surface area contributed by atoms with Gasteiger partial charge < -0.3 is 11.1 Å². The van der Waals surface area contributed by atoms with E-state index in [1.807, 2.05) is 0 Å². The summed E-state index contributed by atoms with van der Waals surface area (Å²) in [4.78, 5) is 25.4. The summed E-state index contributed by atoms with van der Waals surface area (Å²) in [5.41, 5.74) is 6.86. The van der Waals surface area contributed by atoms with Crippen molar-refractivity contribution in [2.45, 2.75) is 19.9 Å². The van der Waals surface area contributed by atoms with Gasteiger partial charge in [-0.1, -0.05) is 6.92 Å². The molecule has 1 aromatic rings. The highest BCUT2D eigenvalue weighted by atomic mass is 32.1. The second-order valence-electron chi connectivity index (χ2n) is 3.95. The van der Waals surface area contributed by atoms with Crippen LogP contribution in [-0.4, -0.2) is 30.3 Å². The third-order valence-corrected chi connectivity index (χ3v) is 4.23. The van der Waals surface area contributed by atoms with E-state index in [1.165, 1.54) is 11.3 Å². The Morgan fingerprint density at radius 1 is 1.65 bits per heavy atom. The Labute approximate surface area is 104 Å². The van der Waals surface area contributed by atoms with Crippen molar-refractivity contribution in [3.63, 3.8) is 0 Å². The molecule has 3 N–H and O–H groups in total. The molecule has 0 spiro atoms. The average Bonchev–Trinajstić information content (AvgIpc) is 2.66. The first-order valence-corrected chi connectivity index (χ1v) is 6.35. The van der Waals surface area contributed by atoms with E-state index in [0.717, 1.165) is 36.5 Å². The number of nitrogens with two attached hydrogens (primary N) is 1. The van der Waals surface area contributed by atoms with E-state index in [0.29, 0.717) is 17.0 Å². The predicted octanol–water partition coefficient (Wildman–Crippen LogP) is 0.793. The van der Waals surface area contributed by atoms with Crippen LogP contribution in [0.4, 0.5) is 5.00 Å². The molecule has 6 heteroatoms.